The average molecular weight is 226 g/mol. The summed E-state index contributed by atoms with van der Waals surface area (Å²) in [7, 11) is 0. The highest BCUT2D eigenvalue weighted by molar-refractivity contribution is 5.74. The Morgan fingerprint density at radius 1 is 1.38 bits per heavy atom. The van der Waals surface area contributed by atoms with Gasteiger partial charge in [0.05, 0.1) is 6.10 Å². The largest absolute Gasteiger partial charge is 0.393 e. The molecule has 0 aromatic rings. The number of carbonyl (C=O) groups excluding carboxylic acids is 1. The van der Waals surface area contributed by atoms with E-state index in [-0.39, 0.29) is 12.1 Å². The van der Waals surface area contributed by atoms with Crippen LogP contribution >= 0.6 is 0 Å². The molecule has 0 radical (unpaired) electrons. The van der Waals surface area contributed by atoms with E-state index in [4.69, 9.17) is 5.11 Å². The average Bonchev–Trinajstić information content (AvgIpc) is 2.23. The summed E-state index contributed by atoms with van der Waals surface area (Å²) >= 11 is 0. The van der Waals surface area contributed by atoms with Crippen molar-refractivity contribution in [1.82, 2.24) is 10.2 Å². The molecule has 0 atom stereocenters. The molecule has 4 heteroatoms. The van der Waals surface area contributed by atoms with Gasteiger partial charge in [0.1, 0.15) is 0 Å². The van der Waals surface area contributed by atoms with E-state index in [1.54, 1.807) is 0 Å². The van der Waals surface area contributed by atoms with E-state index < -0.39 is 0 Å². The molecule has 1 saturated heterocycles. The van der Waals surface area contributed by atoms with Gasteiger partial charge in [-0.3, -0.25) is 0 Å². The fourth-order valence-electron chi connectivity index (χ4n) is 2.42. The summed E-state index contributed by atoms with van der Waals surface area (Å²) in [6.07, 6.45) is 3.80. The quantitative estimate of drug-likeness (QED) is 0.743. The number of rotatable bonds is 2. The summed E-state index contributed by atoms with van der Waals surface area (Å²) < 4.78 is 0. The minimum atomic E-state index is -0.127. The van der Waals surface area contributed by atoms with Crippen LogP contribution in [-0.4, -0.2) is 41.8 Å². The smallest absolute Gasteiger partial charge is 0.317 e. The first-order valence-corrected chi connectivity index (χ1v) is 6.36. The number of aliphatic hydroxyl groups is 1. The molecule has 16 heavy (non-hydrogen) atoms. The van der Waals surface area contributed by atoms with Gasteiger partial charge in [-0.15, -0.1) is 0 Å². The third kappa shape index (κ3) is 2.88. The number of amides is 2. The second kappa shape index (κ2) is 5.04. The van der Waals surface area contributed by atoms with Gasteiger partial charge < -0.3 is 15.3 Å². The molecule has 0 unspecified atom stereocenters. The van der Waals surface area contributed by atoms with Crippen LogP contribution in [0.2, 0.25) is 0 Å². The molecule has 2 amide bonds. The Kier molecular flexibility index (Phi) is 3.69. The van der Waals surface area contributed by atoms with Crippen molar-refractivity contribution < 1.29 is 9.90 Å². The Morgan fingerprint density at radius 2 is 2.00 bits per heavy atom. The summed E-state index contributed by atoms with van der Waals surface area (Å²) in [5.41, 5.74) is 0. The van der Waals surface area contributed by atoms with Gasteiger partial charge in [0.15, 0.2) is 0 Å². The van der Waals surface area contributed by atoms with E-state index >= 15 is 0 Å². The first kappa shape index (κ1) is 11.7. The van der Waals surface area contributed by atoms with Crippen molar-refractivity contribution in [3.05, 3.63) is 0 Å². The molecule has 92 valence electrons. The van der Waals surface area contributed by atoms with Crippen molar-refractivity contribution in [3.63, 3.8) is 0 Å². The van der Waals surface area contributed by atoms with Gasteiger partial charge in [-0.2, -0.15) is 0 Å². The normalized spacial score (nSPS) is 31.0. The second-order valence-electron chi connectivity index (χ2n) is 5.35. The molecule has 1 heterocycles. The summed E-state index contributed by atoms with van der Waals surface area (Å²) in [4.78, 5) is 13.7. The first-order chi connectivity index (χ1) is 7.65. The number of likely N-dealkylation sites (tertiary alicyclic amines) is 1. The van der Waals surface area contributed by atoms with Crippen molar-refractivity contribution in [2.45, 2.75) is 38.7 Å². The molecule has 1 aliphatic carbocycles. The molecule has 0 spiro atoms. The Hall–Kier alpha value is -0.770. The van der Waals surface area contributed by atoms with E-state index in [1.165, 1.54) is 0 Å². The molecule has 1 aliphatic heterocycles. The summed E-state index contributed by atoms with van der Waals surface area (Å²) in [5, 5.41) is 12.1. The molecule has 1 saturated carbocycles. The maximum absolute atomic E-state index is 11.8. The predicted octanol–water partition coefficient (Wildman–Crippen LogP) is 1.20. The van der Waals surface area contributed by atoms with Crippen LogP contribution in [0.1, 0.15) is 32.6 Å². The van der Waals surface area contributed by atoms with Crippen LogP contribution in [0.3, 0.4) is 0 Å². The van der Waals surface area contributed by atoms with E-state index in [1.807, 2.05) is 4.90 Å². The van der Waals surface area contributed by atoms with Crippen LogP contribution < -0.4 is 5.32 Å². The number of hydrogen-bond acceptors (Lipinski definition) is 2. The number of nitrogens with zero attached hydrogens (tertiary/aromatic N) is 1. The van der Waals surface area contributed by atoms with Gasteiger partial charge >= 0.3 is 6.03 Å². The highest BCUT2D eigenvalue weighted by Crippen LogP contribution is 2.26. The molecule has 4 nitrogen and oxygen atoms in total. The van der Waals surface area contributed by atoms with Crippen LogP contribution in [0.25, 0.3) is 0 Å². The van der Waals surface area contributed by atoms with Crippen molar-refractivity contribution in [2.75, 3.05) is 19.6 Å². The van der Waals surface area contributed by atoms with E-state index in [0.29, 0.717) is 5.92 Å². The van der Waals surface area contributed by atoms with Crippen molar-refractivity contribution in [2.24, 2.45) is 11.8 Å². The lowest BCUT2D eigenvalue weighted by Gasteiger charge is -2.34. The lowest BCUT2D eigenvalue weighted by atomic mass is 9.82. The summed E-state index contributed by atoms with van der Waals surface area (Å²) in [6.45, 7) is 4.74. The second-order valence-corrected chi connectivity index (χ2v) is 5.35. The van der Waals surface area contributed by atoms with Gasteiger partial charge in [0.25, 0.3) is 0 Å². The van der Waals surface area contributed by atoms with Gasteiger partial charge in [-0.25, -0.2) is 4.79 Å². The predicted molar refractivity (Wildman–Crippen MR) is 62.1 cm³/mol. The highest BCUT2D eigenvalue weighted by Gasteiger charge is 2.28. The Labute approximate surface area is 97.0 Å². The third-order valence-electron chi connectivity index (χ3n) is 3.82. The fourth-order valence-corrected chi connectivity index (χ4v) is 2.42. The van der Waals surface area contributed by atoms with Gasteiger partial charge in [0.2, 0.25) is 0 Å². The van der Waals surface area contributed by atoms with Crippen LogP contribution in [0, 0.1) is 11.8 Å². The number of carbonyl (C=O) groups is 1. The SMILES string of the molecule is CC1CCN(C(=O)NCC2CC(O)C2)CC1. The minimum absolute atomic E-state index is 0.0771. The van der Waals surface area contributed by atoms with Crippen LogP contribution in [-0.2, 0) is 0 Å². The van der Waals surface area contributed by atoms with Crippen LogP contribution in [0.4, 0.5) is 4.79 Å². The molecule has 2 N–H and O–H groups in total. The topological polar surface area (TPSA) is 52.6 Å². The molecule has 2 rings (SSSR count). The lowest BCUT2D eigenvalue weighted by Crippen LogP contribution is -2.47. The maximum Gasteiger partial charge on any atom is 0.317 e. The molecule has 2 fully saturated rings. The Bertz CT molecular complexity index is 243. The number of aliphatic hydroxyl groups excluding tert-OH is 1. The van der Waals surface area contributed by atoms with Crippen molar-refractivity contribution in [3.8, 4) is 0 Å². The fraction of sp³-hybridized carbons (Fsp3) is 0.917. The molecular formula is C12H22N2O2. The molecule has 0 aromatic carbocycles. The van der Waals surface area contributed by atoms with E-state index in [2.05, 4.69) is 12.2 Å². The number of nitrogens with one attached hydrogen (secondary N) is 1. The summed E-state index contributed by atoms with van der Waals surface area (Å²) in [6, 6.07) is 0.0771. The third-order valence-corrected chi connectivity index (χ3v) is 3.82. The Morgan fingerprint density at radius 3 is 2.56 bits per heavy atom. The molecule has 0 aromatic heterocycles. The zero-order valence-electron chi connectivity index (χ0n) is 9.98. The molecule has 0 bridgehead atoms. The molecular weight excluding hydrogens is 204 g/mol. The van der Waals surface area contributed by atoms with Crippen LogP contribution in [0.15, 0.2) is 0 Å². The van der Waals surface area contributed by atoms with E-state index in [9.17, 15) is 4.79 Å². The number of hydrogen-bond donors (Lipinski definition) is 2. The zero-order chi connectivity index (χ0) is 11.5. The van der Waals surface area contributed by atoms with Gasteiger partial charge in [-0.1, -0.05) is 6.92 Å². The Balaban J connectivity index is 1.64. The minimum Gasteiger partial charge on any atom is -0.393 e. The highest BCUT2D eigenvalue weighted by atomic mass is 16.3. The monoisotopic (exact) mass is 226 g/mol. The van der Waals surface area contributed by atoms with Crippen molar-refractivity contribution in [1.29, 1.82) is 0 Å². The summed E-state index contributed by atoms with van der Waals surface area (Å²) in [5.74, 6) is 1.24. The number of urea groups is 1. The standard InChI is InChI=1S/C12H22N2O2/c1-9-2-4-14(5-3-9)12(16)13-8-10-6-11(15)7-10/h9-11,15H,2-8H2,1H3,(H,13,16). The molecule has 2 aliphatic rings. The van der Waals surface area contributed by atoms with E-state index in [0.717, 1.165) is 51.2 Å². The number of piperidine rings is 1. The van der Waals surface area contributed by atoms with Gasteiger partial charge in [-0.05, 0) is 37.5 Å². The maximum atomic E-state index is 11.8. The lowest BCUT2D eigenvalue weighted by molar-refractivity contribution is 0.0432. The zero-order valence-corrected chi connectivity index (χ0v) is 9.98. The van der Waals surface area contributed by atoms with Gasteiger partial charge in [0, 0.05) is 19.6 Å². The van der Waals surface area contributed by atoms with Crippen LogP contribution in [0.5, 0.6) is 0 Å². The van der Waals surface area contributed by atoms with Crippen molar-refractivity contribution >= 4 is 6.03 Å². The first-order valence-electron chi connectivity index (χ1n) is 6.36.